The van der Waals surface area contributed by atoms with Gasteiger partial charge in [-0.05, 0) is 24.1 Å². The lowest BCUT2D eigenvalue weighted by Gasteiger charge is -2.34. The molecule has 0 atom stereocenters. The predicted octanol–water partition coefficient (Wildman–Crippen LogP) is 1.30. The molecule has 2 aromatic rings. The lowest BCUT2D eigenvalue weighted by molar-refractivity contribution is 0.259. The van der Waals surface area contributed by atoms with E-state index in [0.717, 1.165) is 50.9 Å². The van der Waals surface area contributed by atoms with Crippen molar-refractivity contribution >= 4 is 11.8 Å². The summed E-state index contributed by atoms with van der Waals surface area (Å²) in [4.78, 5) is 20.0. The van der Waals surface area contributed by atoms with Crippen molar-refractivity contribution in [3.63, 3.8) is 0 Å². The molecule has 0 N–H and O–H groups in total. The Morgan fingerprint density at radius 1 is 1.09 bits per heavy atom. The first-order valence-corrected chi connectivity index (χ1v) is 8.09. The molecule has 6 heteroatoms. The van der Waals surface area contributed by atoms with Crippen LogP contribution in [0.25, 0.3) is 0 Å². The van der Waals surface area contributed by atoms with Gasteiger partial charge in [-0.3, -0.25) is 9.88 Å². The molecule has 0 saturated carbocycles. The van der Waals surface area contributed by atoms with E-state index in [2.05, 4.69) is 30.8 Å². The van der Waals surface area contributed by atoms with Gasteiger partial charge in [-0.2, -0.15) is 4.98 Å². The minimum absolute atomic E-state index is 0.836. The van der Waals surface area contributed by atoms with Gasteiger partial charge in [0.1, 0.15) is 5.82 Å². The molecule has 0 aliphatic carbocycles. The third-order valence-corrected chi connectivity index (χ3v) is 4.18. The largest absolute Gasteiger partial charge is 0.363 e. The van der Waals surface area contributed by atoms with Crippen molar-refractivity contribution in [3.8, 4) is 0 Å². The van der Waals surface area contributed by atoms with Crippen LogP contribution in [0.3, 0.4) is 0 Å². The van der Waals surface area contributed by atoms with E-state index in [9.17, 15) is 0 Å². The summed E-state index contributed by atoms with van der Waals surface area (Å²) in [6, 6.07) is 6.08. The van der Waals surface area contributed by atoms with Crippen LogP contribution in [0.4, 0.5) is 11.8 Å². The summed E-state index contributed by atoms with van der Waals surface area (Å²) >= 11 is 0. The van der Waals surface area contributed by atoms with Crippen molar-refractivity contribution in [1.29, 1.82) is 0 Å². The maximum Gasteiger partial charge on any atom is 0.227 e. The van der Waals surface area contributed by atoms with Gasteiger partial charge in [0.05, 0.1) is 0 Å². The quantitative estimate of drug-likeness (QED) is 0.829. The molecule has 6 nitrogen and oxygen atoms in total. The molecule has 2 aromatic heterocycles. The lowest BCUT2D eigenvalue weighted by Crippen LogP contribution is -2.47. The number of rotatable bonds is 5. The van der Waals surface area contributed by atoms with Crippen molar-refractivity contribution in [2.45, 2.75) is 6.42 Å². The third kappa shape index (κ3) is 4.16. The van der Waals surface area contributed by atoms with Crippen molar-refractivity contribution in [2.75, 3.05) is 56.6 Å². The standard InChI is InChI=1S/C17H24N6/c1-21(2)16-5-8-19-17(20-16)23-12-10-22(11-13-23)9-6-15-4-3-7-18-14-15/h3-5,7-8,14H,6,9-13H2,1-2H3. The summed E-state index contributed by atoms with van der Waals surface area (Å²) in [7, 11) is 4.00. The number of hydrogen-bond donors (Lipinski definition) is 0. The normalized spacial score (nSPS) is 15.7. The van der Waals surface area contributed by atoms with Crippen molar-refractivity contribution in [2.24, 2.45) is 0 Å². The summed E-state index contributed by atoms with van der Waals surface area (Å²) in [6.07, 6.45) is 6.67. The fraction of sp³-hybridized carbons (Fsp3) is 0.471. The van der Waals surface area contributed by atoms with E-state index in [1.54, 1.807) is 0 Å². The molecule has 1 fully saturated rings. The van der Waals surface area contributed by atoms with Gasteiger partial charge in [-0.1, -0.05) is 6.07 Å². The molecule has 0 radical (unpaired) electrons. The second-order valence-electron chi connectivity index (χ2n) is 6.05. The highest BCUT2D eigenvalue weighted by Crippen LogP contribution is 2.15. The zero-order chi connectivity index (χ0) is 16.1. The Labute approximate surface area is 137 Å². The van der Waals surface area contributed by atoms with E-state index in [0.29, 0.717) is 0 Å². The van der Waals surface area contributed by atoms with Crippen LogP contribution in [0.5, 0.6) is 0 Å². The topological polar surface area (TPSA) is 48.4 Å². The number of piperazine rings is 1. The number of hydrogen-bond acceptors (Lipinski definition) is 6. The molecule has 122 valence electrons. The van der Waals surface area contributed by atoms with Crippen molar-refractivity contribution in [1.82, 2.24) is 19.9 Å². The first-order chi connectivity index (χ1) is 11.2. The molecule has 0 aromatic carbocycles. The molecule has 0 unspecified atom stereocenters. The fourth-order valence-corrected chi connectivity index (χ4v) is 2.75. The Morgan fingerprint density at radius 2 is 1.91 bits per heavy atom. The van der Waals surface area contributed by atoms with E-state index in [4.69, 9.17) is 0 Å². The van der Waals surface area contributed by atoms with Crippen LogP contribution in [0, 0.1) is 0 Å². The van der Waals surface area contributed by atoms with E-state index in [1.165, 1.54) is 5.56 Å². The third-order valence-electron chi connectivity index (χ3n) is 4.18. The average molecular weight is 312 g/mol. The Balaban J connectivity index is 1.51. The maximum atomic E-state index is 4.63. The second kappa shape index (κ2) is 7.37. The molecule has 1 aliphatic heterocycles. The summed E-state index contributed by atoms with van der Waals surface area (Å²) < 4.78 is 0. The highest BCUT2D eigenvalue weighted by Gasteiger charge is 2.19. The monoisotopic (exact) mass is 312 g/mol. The summed E-state index contributed by atoms with van der Waals surface area (Å²) in [5.74, 6) is 1.79. The second-order valence-corrected chi connectivity index (χ2v) is 6.05. The Kier molecular flexibility index (Phi) is 5.02. The number of aromatic nitrogens is 3. The van der Waals surface area contributed by atoms with Crippen LogP contribution < -0.4 is 9.80 Å². The average Bonchev–Trinajstić information content (AvgIpc) is 2.61. The smallest absolute Gasteiger partial charge is 0.227 e. The van der Waals surface area contributed by atoms with Crippen LogP contribution in [0.1, 0.15) is 5.56 Å². The Bertz CT molecular complexity index is 607. The molecule has 3 rings (SSSR count). The maximum absolute atomic E-state index is 4.63. The van der Waals surface area contributed by atoms with Gasteiger partial charge in [0.2, 0.25) is 5.95 Å². The zero-order valence-electron chi connectivity index (χ0n) is 13.9. The highest BCUT2D eigenvalue weighted by molar-refractivity contribution is 5.42. The van der Waals surface area contributed by atoms with Gasteiger partial charge in [0.25, 0.3) is 0 Å². The van der Waals surface area contributed by atoms with Crippen molar-refractivity contribution in [3.05, 3.63) is 42.4 Å². The van der Waals surface area contributed by atoms with Crippen LogP contribution in [0.2, 0.25) is 0 Å². The van der Waals surface area contributed by atoms with Crippen LogP contribution >= 0.6 is 0 Å². The van der Waals surface area contributed by atoms with E-state index in [-0.39, 0.29) is 0 Å². The van der Waals surface area contributed by atoms with Gasteiger partial charge in [0, 0.05) is 65.4 Å². The van der Waals surface area contributed by atoms with Crippen LogP contribution in [0.15, 0.2) is 36.8 Å². The number of nitrogens with zero attached hydrogens (tertiary/aromatic N) is 6. The van der Waals surface area contributed by atoms with Gasteiger partial charge in [-0.15, -0.1) is 0 Å². The Hall–Kier alpha value is -2.21. The van der Waals surface area contributed by atoms with E-state index < -0.39 is 0 Å². The molecule has 3 heterocycles. The lowest BCUT2D eigenvalue weighted by atomic mass is 10.2. The molecule has 23 heavy (non-hydrogen) atoms. The van der Waals surface area contributed by atoms with Crippen LogP contribution in [-0.4, -0.2) is 66.7 Å². The molecule has 1 saturated heterocycles. The number of anilines is 2. The highest BCUT2D eigenvalue weighted by atomic mass is 15.3. The summed E-state index contributed by atoms with van der Waals surface area (Å²) in [5.41, 5.74) is 1.30. The van der Waals surface area contributed by atoms with Gasteiger partial charge >= 0.3 is 0 Å². The molecule has 0 spiro atoms. The van der Waals surface area contributed by atoms with E-state index in [1.807, 2.05) is 49.7 Å². The molecule has 1 aliphatic rings. The molecule has 0 amide bonds. The Morgan fingerprint density at radius 3 is 2.61 bits per heavy atom. The van der Waals surface area contributed by atoms with Crippen LogP contribution in [-0.2, 0) is 6.42 Å². The molecule has 0 bridgehead atoms. The first-order valence-electron chi connectivity index (χ1n) is 8.09. The van der Waals surface area contributed by atoms with Gasteiger partial charge in [0.15, 0.2) is 0 Å². The predicted molar refractivity (Wildman–Crippen MR) is 93.0 cm³/mol. The summed E-state index contributed by atoms with van der Waals surface area (Å²) in [5, 5.41) is 0. The fourth-order valence-electron chi connectivity index (χ4n) is 2.75. The minimum Gasteiger partial charge on any atom is -0.363 e. The minimum atomic E-state index is 0.836. The number of pyridine rings is 1. The van der Waals surface area contributed by atoms with Gasteiger partial charge in [-0.25, -0.2) is 4.98 Å². The zero-order valence-corrected chi connectivity index (χ0v) is 13.9. The molecular formula is C17H24N6. The van der Waals surface area contributed by atoms with Crippen molar-refractivity contribution < 1.29 is 0 Å². The SMILES string of the molecule is CN(C)c1ccnc(N2CCN(CCc3cccnc3)CC2)n1. The van der Waals surface area contributed by atoms with E-state index >= 15 is 0 Å². The first kappa shape index (κ1) is 15.7. The van der Waals surface area contributed by atoms with Gasteiger partial charge < -0.3 is 9.80 Å². The molecular weight excluding hydrogens is 288 g/mol. The summed E-state index contributed by atoms with van der Waals surface area (Å²) in [6.45, 7) is 5.14.